The van der Waals surface area contributed by atoms with Crippen LogP contribution < -0.4 is 3.98 Å². The Labute approximate surface area is 112 Å². The van der Waals surface area contributed by atoms with Crippen molar-refractivity contribution >= 4 is 44.3 Å². The Kier molecular flexibility index (Phi) is 3.95. The maximum absolute atomic E-state index is 4.68. The Morgan fingerprint density at radius 3 is 2.88 bits per heavy atom. The van der Waals surface area contributed by atoms with E-state index in [1.165, 1.54) is 10.4 Å². The second kappa shape index (κ2) is 5.25. The molecule has 0 aliphatic heterocycles. The maximum Gasteiger partial charge on any atom is 0.171 e. The lowest BCUT2D eigenvalue weighted by molar-refractivity contribution is 1.19. The molecule has 84 valence electrons. The van der Waals surface area contributed by atoms with Gasteiger partial charge >= 0.3 is 0 Å². The maximum atomic E-state index is 4.68. The molecule has 0 saturated carbocycles. The van der Waals surface area contributed by atoms with E-state index in [0.29, 0.717) is 0 Å². The summed E-state index contributed by atoms with van der Waals surface area (Å²) in [5.41, 5.74) is 2.26. The summed E-state index contributed by atoms with van der Waals surface area (Å²) in [6.07, 6.45) is 1.09. The van der Waals surface area contributed by atoms with Crippen molar-refractivity contribution in [3.63, 3.8) is 0 Å². The third kappa shape index (κ3) is 2.81. The van der Waals surface area contributed by atoms with Crippen molar-refractivity contribution < 1.29 is 0 Å². The van der Waals surface area contributed by atoms with Gasteiger partial charge in [-0.15, -0.1) is 22.7 Å². The molecule has 0 spiro atoms. The summed E-state index contributed by atoms with van der Waals surface area (Å²) < 4.78 is 2.20. The van der Waals surface area contributed by atoms with E-state index in [-0.39, 0.29) is 0 Å². The summed E-state index contributed by atoms with van der Waals surface area (Å²) in [5, 5.41) is 2.19. The largest absolute Gasteiger partial charge is 0.227 e. The first-order chi connectivity index (χ1) is 7.69. The van der Waals surface area contributed by atoms with Crippen molar-refractivity contribution in [1.29, 1.82) is 0 Å². The molecule has 2 rings (SSSR count). The predicted octanol–water partition coefficient (Wildman–Crippen LogP) is 4.68. The molecular formula is C12H12BrNS2. The van der Waals surface area contributed by atoms with Gasteiger partial charge < -0.3 is 0 Å². The monoisotopic (exact) mass is 313 g/mol. The zero-order valence-electron chi connectivity index (χ0n) is 9.16. The topological polar surface area (TPSA) is 12.4 Å². The van der Waals surface area contributed by atoms with Gasteiger partial charge in [0.25, 0.3) is 0 Å². The first-order valence-electron chi connectivity index (χ1n) is 5.07. The zero-order chi connectivity index (χ0) is 11.5. The van der Waals surface area contributed by atoms with Gasteiger partial charge in [-0.2, -0.15) is 0 Å². The lowest BCUT2D eigenvalue weighted by atomic mass is 10.2. The number of hydrogen-bond donors (Lipinski definition) is 0. The normalized spacial score (nSPS) is 12.1. The molecule has 0 amide bonds. The average Bonchev–Trinajstić information content (AvgIpc) is 2.71. The molecule has 0 bridgehead atoms. The fraction of sp³-hybridized carbons (Fsp3) is 0.250. The van der Waals surface area contributed by atoms with Crippen molar-refractivity contribution in [2.75, 3.05) is 0 Å². The van der Waals surface area contributed by atoms with Gasteiger partial charge in [-0.3, -0.25) is 0 Å². The van der Waals surface area contributed by atoms with Crippen LogP contribution in [0.1, 0.15) is 17.4 Å². The summed E-state index contributed by atoms with van der Waals surface area (Å²) in [5.74, 6) is 0. The van der Waals surface area contributed by atoms with Gasteiger partial charge in [-0.25, -0.2) is 4.99 Å². The van der Waals surface area contributed by atoms with Crippen molar-refractivity contribution in [3.8, 4) is 0 Å². The summed E-state index contributed by atoms with van der Waals surface area (Å²) >= 11 is 6.97. The summed E-state index contributed by atoms with van der Waals surface area (Å²) in [6, 6.07) is 6.19. The smallest absolute Gasteiger partial charge is 0.171 e. The molecule has 16 heavy (non-hydrogen) atoms. The molecule has 0 aliphatic carbocycles. The quantitative estimate of drug-likeness (QED) is 0.763. The van der Waals surface area contributed by atoms with Gasteiger partial charge in [0.15, 0.2) is 3.98 Å². The number of hydrogen-bond acceptors (Lipinski definition) is 3. The summed E-state index contributed by atoms with van der Waals surface area (Å²) in [4.78, 5) is 6.08. The number of nitrogens with zero attached hydrogens (tertiary/aromatic N) is 1. The van der Waals surface area contributed by atoms with E-state index < -0.39 is 0 Å². The molecule has 1 heterocycles. The fourth-order valence-electron chi connectivity index (χ4n) is 1.28. The lowest BCUT2D eigenvalue weighted by Gasteiger charge is -1.98. The first-order valence-corrected chi connectivity index (χ1v) is 7.56. The highest BCUT2D eigenvalue weighted by Crippen LogP contribution is 2.23. The second-order valence-corrected chi connectivity index (χ2v) is 6.61. The molecule has 0 radical (unpaired) electrons. The lowest BCUT2D eigenvalue weighted by Crippen LogP contribution is -1.86. The van der Waals surface area contributed by atoms with E-state index in [0.717, 1.165) is 20.6 Å². The summed E-state index contributed by atoms with van der Waals surface area (Å²) in [6.45, 7) is 4.26. The molecule has 2 aromatic rings. The fourth-order valence-corrected chi connectivity index (χ4v) is 3.69. The van der Waals surface area contributed by atoms with Crippen LogP contribution in [0.25, 0.3) is 0 Å². The van der Waals surface area contributed by atoms with Crippen LogP contribution in [-0.4, -0.2) is 0 Å². The Balaban J connectivity index is 2.45. The highest BCUT2D eigenvalue weighted by Gasteiger charge is 1.98. The molecule has 0 N–H and O–H groups in total. The second-order valence-electron chi connectivity index (χ2n) is 3.47. The van der Waals surface area contributed by atoms with E-state index in [1.807, 2.05) is 6.07 Å². The van der Waals surface area contributed by atoms with Gasteiger partial charge in [0.05, 0.1) is 5.69 Å². The molecular weight excluding hydrogens is 302 g/mol. The minimum atomic E-state index is 1.05. The number of halogens is 1. The summed E-state index contributed by atoms with van der Waals surface area (Å²) in [7, 11) is 0. The third-order valence-electron chi connectivity index (χ3n) is 2.24. The molecule has 1 aromatic carbocycles. The van der Waals surface area contributed by atoms with E-state index in [1.54, 1.807) is 22.7 Å². The van der Waals surface area contributed by atoms with Crippen LogP contribution in [0.15, 0.2) is 33.0 Å². The van der Waals surface area contributed by atoms with Crippen LogP contribution in [0.2, 0.25) is 0 Å². The Morgan fingerprint density at radius 2 is 2.19 bits per heavy atom. The molecule has 1 nitrogen and oxygen atoms in total. The average molecular weight is 314 g/mol. The minimum Gasteiger partial charge on any atom is -0.227 e. The number of aryl methyl sites for hydroxylation is 2. The van der Waals surface area contributed by atoms with Gasteiger partial charge in [0, 0.05) is 14.7 Å². The highest BCUT2D eigenvalue weighted by molar-refractivity contribution is 9.10. The van der Waals surface area contributed by atoms with Crippen LogP contribution in [0.3, 0.4) is 0 Å². The molecule has 0 fully saturated rings. The van der Waals surface area contributed by atoms with Crippen molar-refractivity contribution in [3.05, 3.63) is 42.5 Å². The standard InChI is InChI=1S/C12H12BrNS2/c1-3-10-7-15-12(16-10)14-11-6-9(13)5-4-8(11)2/h4-7H,3H2,1-2H3. The van der Waals surface area contributed by atoms with Crippen LogP contribution in [0.5, 0.6) is 0 Å². The third-order valence-corrected chi connectivity index (χ3v) is 5.05. The van der Waals surface area contributed by atoms with E-state index in [2.05, 4.69) is 52.3 Å². The Hall–Kier alpha value is -0.450. The van der Waals surface area contributed by atoms with Crippen molar-refractivity contribution in [2.45, 2.75) is 20.3 Å². The molecule has 0 saturated heterocycles. The van der Waals surface area contributed by atoms with Crippen LogP contribution >= 0.6 is 38.6 Å². The molecule has 0 aliphatic rings. The van der Waals surface area contributed by atoms with Crippen LogP contribution in [0, 0.1) is 6.92 Å². The molecule has 4 heteroatoms. The van der Waals surface area contributed by atoms with Gasteiger partial charge in [-0.1, -0.05) is 28.9 Å². The minimum absolute atomic E-state index is 1.05. The molecule has 1 aromatic heterocycles. The highest BCUT2D eigenvalue weighted by atomic mass is 79.9. The van der Waals surface area contributed by atoms with Crippen molar-refractivity contribution in [1.82, 2.24) is 0 Å². The predicted molar refractivity (Wildman–Crippen MR) is 75.7 cm³/mol. The van der Waals surface area contributed by atoms with Gasteiger partial charge in [-0.05, 0) is 31.0 Å². The van der Waals surface area contributed by atoms with Gasteiger partial charge in [0.1, 0.15) is 0 Å². The van der Waals surface area contributed by atoms with E-state index in [4.69, 9.17) is 0 Å². The van der Waals surface area contributed by atoms with E-state index in [9.17, 15) is 0 Å². The molecule has 0 atom stereocenters. The van der Waals surface area contributed by atoms with E-state index >= 15 is 0 Å². The number of rotatable bonds is 2. The van der Waals surface area contributed by atoms with Gasteiger partial charge in [0.2, 0.25) is 0 Å². The SMILES string of the molecule is CCc1csc(=Nc2cc(Br)ccc2C)s1. The van der Waals surface area contributed by atoms with Crippen LogP contribution in [0.4, 0.5) is 5.69 Å². The number of benzene rings is 1. The first kappa shape index (κ1) is 12.0. The van der Waals surface area contributed by atoms with Crippen LogP contribution in [-0.2, 0) is 6.42 Å². The van der Waals surface area contributed by atoms with Crippen molar-refractivity contribution in [2.24, 2.45) is 4.99 Å². The Morgan fingerprint density at radius 1 is 1.38 bits per heavy atom. The Bertz CT molecular complexity index is 554. The zero-order valence-corrected chi connectivity index (χ0v) is 12.4. The molecule has 0 unspecified atom stereocenters.